The number of nitrogens with one attached hydrogen (secondary N) is 2. The molecule has 1 atom stereocenters. The van der Waals surface area contributed by atoms with E-state index < -0.39 is 0 Å². The second-order valence-corrected chi connectivity index (χ2v) is 3.91. The minimum Gasteiger partial charge on any atom is -0.354 e. The Hall–Kier alpha value is -1.93. The van der Waals surface area contributed by atoms with Gasteiger partial charge in [0.15, 0.2) is 0 Å². The third-order valence-electron chi connectivity index (χ3n) is 2.50. The lowest BCUT2D eigenvalue weighted by Crippen LogP contribution is -2.35. The average molecular weight is 249 g/mol. The summed E-state index contributed by atoms with van der Waals surface area (Å²) >= 11 is 0. The number of benzene rings is 1. The molecule has 0 aromatic heterocycles. The molecule has 0 saturated carbocycles. The minimum atomic E-state index is -0.278. The quantitative estimate of drug-likeness (QED) is 0.751. The van der Waals surface area contributed by atoms with Crippen LogP contribution in [-0.4, -0.2) is 19.0 Å². The van der Waals surface area contributed by atoms with E-state index in [0.717, 1.165) is 5.56 Å². The molecule has 0 heterocycles. The number of halogens is 1. The van der Waals surface area contributed by atoms with Crippen LogP contribution in [0.1, 0.15) is 24.9 Å². The van der Waals surface area contributed by atoms with Crippen molar-refractivity contribution in [3.63, 3.8) is 0 Å². The number of amides is 1. The van der Waals surface area contributed by atoms with Gasteiger partial charge in [0.1, 0.15) is 5.82 Å². The van der Waals surface area contributed by atoms with Crippen LogP contribution in [0, 0.1) is 17.1 Å². The molecule has 1 amide bonds. The van der Waals surface area contributed by atoms with Gasteiger partial charge in [-0.2, -0.15) is 5.26 Å². The van der Waals surface area contributed by atoms with Gasteiger partial charge in [0.25, 0.3) is 0 Å². The number of nitriles is 1. The van der Waals surface area contributed by atoms with E-state index in [1.165, 1.54) is 12.1 Å². The summed E-state index contributed by atoms with van der Waals surface area (Å²) in [6.07, 6.45) is 0.305. The summed E-state index contributed by atoms with van der Waals surface area (Å²) in [5.41, 5.74) is 0.918. The first-order chi connectivity index (χ1) is 8.63. The lowest BCUT2D eigenvalue weighted by atomic mass is 10.1. The maximum Gasteiger partial charge on any atom is 0.234 e. The van der Waals surface area contributed by atoms with Crippen molar-refractivity contribution in [2.75, 3.05) is 13.1 Å². The highest BCUT2D eigenvalue weighted by Gasteiger charge is 2.07. The first-order valence-electron chi connectivity index (χ1n) is 5.76. The summed E-state index contributed by atoms with van der Waals surface area (Å²) in [5.74, 6) is -0.431. The summed E-state index contributed by atoms with van der Waals surface area (Å²) in [6, 6.07) is 8.05. The van der Waals surface area contributed by atoms with E-state index in [1.807, 2.05) is 13.0 Å². The Kier molecular flexibility index (Phi) is 5.81. The molecule has 2 N–H and O–H groups in total. The van der Waals surface area contributed by atoms with E-state index in [-0.39, 0.29) is 24.3 Å². The molecule has 96 valence electrons. The van der Waals surface area contributed by atoms with Crippen molar-refractivity contribution >= 4 is 5.91 Å². The molecule has 0 bridgehead atoms. The Labute approximate surface area is 106 Å². The molecule has 1 aromatic carbocycles. The second kappa shape index (κ2) is 7.41. The minimum absolute atomic E-state index is 0.0349. The molecular formula is C13H16FN3O. The normalized spacial score (nSPS) is 11.6. The molecule has 1 aromatic rings. The second-order valence-electron chi connectivity index (χ2n) is 3.91. The van der Waals surface area contributed by atoms with Crippen LogP contribution in [0.4, 0.5) is 4.39 Å². The summed E-state index contributed by atoms with van der Waals surface area (Å²) in [6.45, 7) is 2.43. The number of nitrogens with zero attached hydrogens (tertiary/aromatic N) is 1. The van der Waals surface area contributed by atoms with Gasteiger partial charge in [-0.3, -0.25) is 4.79 Å². The predicted molar refractivity (Wildman–Crippen MR) is 66.1 cm³/mol. The standard InChI is InChI=1S/C13H16FN3O/c1-10(11-3-5-12(14)6-4-11)17-9-13(18)16-8-2-7-15/h3-6,10,17H,2,8-9H2,1H3,(H,16,18). The van der Waals surface area contributed by atoms with Gasteiger partial charge < -0.3 is 10.6 Å². The van der Waals surface area contributed by atoms with Crippen molar-refractivity contribution in [3.05, 3.63) is 35.6 Å². The molecule has 0 radical (unpaired) electrons. The summed E-state index contributed by atoms with van der Waals surface area (Å²) in [4.78, 5) is 11.4. The zero-order chi connectivity index (χ0) is 13.4. The van der Waals surface area contributed by atoms with E-state index in [0.29, 0.717) is 13.0 Å². The zero-order valence-electron chi connectivity index (χ0n) is 10.2. The Balaban J connectivity index is 2.32. The first kappa shape index (κ1) is 14.1. The van der Waals surface area contributed by atoms with Gasteiger partial charge in [-0.05, 0) is 24.6 Å². The predicted octanol–water partition coefficient (Wildman–Crippen LogP) is 1.51. The number of hydrogen-bond acceptors (Lipinski definition) is 3. The molecule has 1 rings (SSSR count). The topological polar surface area (TPSA) is 64.9 Å². The van der Waals surface area contributed by atoms with Gasteiger partial charge in [0.05, 0.1) is 19.0 Å². The molecule has 0 fully saturated rings. The highest BCUT2D eigenvalue weighted by Crippen LogP contribution is 2.12. The smallest absolute Gasteiger partial charge is 0.234 e. The van der Waals surface area contributed by atoms with Crippen LogP contribution in [0.5, 0.6) is 0 Å². The highest BCUT2D eigenvalue weighted by molar-refractivity contribution is 5.78. The van der Waals surface area contributed by atoms with Gasteiger partial charge in [-0.15, -0.1) is 0 Å². The zero-order valence-corrected chi connectivity index (χ0v) is 10.2. The van der Waals surface area contributed by atoms with E-state index in [4.69, 9.17) is 5.26 Å². The summed E-state index contributed by atoms with van der Waals surface area (Å²) in [5, 5.41) is 14.0. The number of carbonyl (C=O) groups excluding carboxylic acids is 1. The van der Waals surface area contributed by atoms with E-state index in [1.54, 1.807) is 12.1 Å². The Morgan fingerprint density at radius 1 is 1.44 bits per heavy atom. The Morgan fingerprint density at radius 3 is 2.72 bits per heavy atom. The van der Waals surface area contributed by atoms with Gasteiger partial charge in [0, 0.05) is 12.6 Å². The molecule has 5 heteroatoms. The maximum atomic E-state index is 12.7. The van der Waals surface area contributed by atoms with E-state index >= 15 is 0 Å². The van der Waals surface area contributed by atoms with Crippen molar-refractivity contribution < 1.29 is 9.18 Å². The van der Waals surface area contributed by atoms with Gasteiger partial charge >= 0.3 is 0 Å². The lowest BCUT2D eigenvalue weighted by Gasteiger charge is -2.13. The molecule has 0 saturated heterocycles. The van der Waals surface area contributed by atoms with Crippen molar-refractivity contribution in [2.45, 2.75) is 19.4 Å². The largest absolute Gasteiger partial charge is 0.354 e. The average Bonchev–Trinajstić information content (AvgIpc) is 2.37. The molecule has 0 aliphatic carbocycles. The van der Waals surface area contributed by atoms with Crippen LogP contribution in [0.15, 0.2) is 24.3 Å². The molecule has 4 nitrogen and oxygen atoms in total. The number of carbonyl (C=O) groups is 1. The first-order valence-corrected chi connectivity index (χ1v) is 5.76. The van der Waals surface area contributed by atoms with Crippen LogP contribution in [0.25, 0.3) is 0 Å². The van der Waals surface area contributed by atoms with Gasteiger partial charge in [-0.25, -0.2) is 4.39 Å². The van der Waals surface area contributed by atoms with Crippen LogP contribution in [-0.2, 0) is 4.79 Å². The van der Waals surface area contributed by atoms with Crippen molar-refractivity contribution in [3.8, 4) is 6.07 Å². The maximum absolute atomic E-state index is 12.7. The van der Waals surface area contributed by atoms with Gasteiger partial charge in [0.2, 0.25) is 5.91 Å². The van der Waals surface area contributed by atoms with Crippen LogP contribution < -0.4 is 10.6 Å². The van der Waals surface area contributed by atoms with Crippen LogP contribution in [0.2, 0.25) is 0 Å². The molecule has 0 aliphatic rings. The van der Waals surface area contributed by atoms with Gasteiger partial charge in [-0.1, -0.05) is 12.1 Å². The van der Waals surface area contributed by atoms with E-state index in [9.17, 15) is 9.18 Å². The summed E-state index contributed by atoms with van der Waals surface area (Å²) in [7, 11) is 0. The molecule has 1 unspecified atom stereocenters. The number of rotatable bonds is 6. The SMILES string of the molecule is CC(NCC(=O)NCCC#N)c1ccc(F)cc1. The van der Waals surface area contributed by atoms with E-state index in [2.05, 4.69) is 10.6 Å². The molecule has 0 spiro atoms. The van der Waals surface area contributed by atoms with Crippen LogP contribution in [0.3, 0.4) is 0 Å². The molecular weight excluding hydrogens is 233 g/mol. The highest BCUT2D eigenvalue weighted by atomic mass is 19.1. The van der Waals surface area contributed by atoms with Crippen molar-refractivity contribution in [1.82, 2.24) is 10.6 Å². The number of hydrogen-bond donors (Lipinski definition) is 2. The fourth-order valence-corrected chi connectivity index (χ4v) is 1.44. The lowest BCUT2D eigenvalue weighted by molar-refractivity contribution is -0.120. The fourth-order valence-electron chi connectivity index (χ4n) is 1.44. The Bertz CT molecular complexity index is 425. The van der Waals surface area contributed by atoms with Crippen LogP contribution >= 0.6 is 0 Å². The van der Waals surface area contributed by atoms with Crippen molar-refractivity contribution in [2.24, 2.45) is 0 Å². The summed E-state index contributed by atoms with van der Waals surface area (Å²) < 4.78 is 12.7. The third kappa shape index (κ3) is 4.93. The Morgan fingerprint density at radius 2 is 2.11 bits per heavy atom. The fraction of sp³-hybridized carbons (Fsp3) is 0.385. The third-order valence-corrected chi connectivity index (χ3v) is 2.50. The monoisotopic (exact) mass is 249 g/mol. The molecule has 18 heavy (non-hydrogen) atoms. The van der Waals surface area contributed by atoms with Crippen molar-refractivity contribution in [1.29, 1.82) is 5.26 Å². The molecule has 0 aliphatic heterocycles.